The predicted molar refractivity (Wildman–Crippen MR) is 86.7 cm³/mol. The molecule has 1 aliphatic rings. The van der Waals surface area contributed by atoms with Crippen LogP contribution in [-0.4, -0.2) is 30.2 Å². The smallest absolute Gasteiger partial charge is 0.137 e. The summed E-state index contributed by atoms with van der Waals surface area (Å²) in [4.78, 5) is 4.26. The van der Waals surface area contributed by atoms with Gasteiger partial charge in [-0.3, -0.25) is 4.98 Å². The van der Waals surface area contributed by atoms with Crippen molar-refractivity contribution in [3.8, 4) is 5.75 Å². The van der Waals surface area contributed by atoms with Crippen LogP contribution in [0.5, 0.6) is 5.75 Å². The van der Waals surface area contributed by atoms with Crippen LogP contribution >= 0.6 is 0 Å². The van der Waals surface area contributed by atoms with Gasteiger partial charge >= 0.3 is 0 Å². The minimum Gasteiger partial charge on any atom is -0.490 e. The van der Waals surface area contributed by atoms with E-state index in [1.807, 2.05) is 6.20 Å². The molecule has 1 atom stereocenters. The second-order valence-electron chi connectivity index (χ2n) is 7.12. The summed E-state index contributed by atoms with van der Waals surface area (Å²) >= 11 is 0. The number of nitrogens with one attached hydrogen (secondary N) is 1. The van der Waals surface area contributed by atoms with Gasteiger partial charge in [0.25, 0.3) is 0 Å². The Labute approximate surface area is 128 Å². The maximum Gasteiger partial charge on any atom is 0.137 e. The van der Waals surface area contributed by atoms with Crippen molar-refractivity contribution in [3.05, 3.63) is 24.0 Å². The van der Waals surface area contributed by atoms with Crippen LogP contribution in [0.4, 0.5) is 0 Å². The number of nitrogens with two attached hydrogens (primary N) is 1. The van der Waals surface area contributed by atoms with Crippen molar-refractivity contribution in [3.63, 3.8) is 0 Å². The molecule has 4 heteroatoms. The average Bonchev–Trinajstić information content (AvgIpc) is 2.95. The lowest BCUT2D eigenvalue weighted by atomic mass is 9.88. The molecule has 0 aliphatic heterocycles. The first-order valence-electron chi connectivity index (χ1n) is 8.02. The lowest BCUT2D eigenvalue weighted by Crippen LogP contribution is -2.41. The zero-order chi connectivity index (χ0) is 15.3. The SMILES string of the molecule is CC(C)(C)c1cncc(OC[C@@H](N)CNC2CCCC2)c1. The first kappa shape index (κ1) is 16.2. The minimum absolute atomic E-state index is 0.0175. The molecule has 0 radical (unpaired) electrons. The highest BCUT2D eigenvalue weighted by atomic mass is 16.5. The first-order valence-corrected chi connectivity index (χ1v) is 8.02. The van der Waals surface area contributed by atoms with Crippen molar-refractivity contribution in [1.82, 2.24) is 10.3 Å². The lowest BCUT2D eigenvalue weighted by molar-refractivity contribution is 0.278. The number of hydrogen-bond acceptors (Lipinski definition) is 4. The van der Waals surface area contributed by atoms with Gasteiger partial charge in [-0.2, -0.15) is 0 Å². The molecule has 0 amide bonds. The number of nitrogens with zero attached hydrogens (tertiary/aromatic N) is 1. The zero-order valence-corrected chi connectivity index (χ0v) is 13.6. The molecule has 2 rings (SSSR count). The zero-order valence-electron chi connectivity index (χ0n) is 13.6. The molecule has 1 fully saturated rings. The monoisotopic (exact) mass is 291 g/mol. The summed E-state index contributed by atoms with van der Waals surface area (Å²) < 4.78 is 5.79. The van der Waals surface area contributed by atoms with Crippen molar-refractivity contribution >= 4 is 0 Å². The molecule has 1 heterocycles. The van der Waals surface area contributed by atoms with E-state index in [-0.39, 0.29) is 11.5 Å². The van der Waals surface area contributed by atoms with E-state index in [4.69, 9.17) is 10.5 Å². The first-order chi connectivity index (χ1) is 9.95. The third-order valence-electron chi connectivity index (χ3n) is 4.07. The van der Waals surface area contributed by atoms with Crippen LogP contribution in [-0.2, 0) is 5.41 Å². The number of pyridine rings is 1. The normalized spacial score (nSPS) is 17.9. The van der Waals surface area contributed by atoms with E-state index in [1.165, 1.54) is 31.2 Å². The molecule has 118 valence electrons. The summed E-state index contributed by atoms with van der Waals surface area (Å²) in [5.74, 6) is 0.804. The Morgan fingerprint density at radius 2 is 2.05 bits per heavy atom. The molecule has 0 unspecified atom stereocenters. The summed E-state index contributed by atoms with van der Waals surface area (Å²) in [6.45, 7) is 7.85. The van der Waals surface area contributed by atoms with Crippen molar-refractivity contribution in [2.45, 2.75) is 64.0 Å². The highest BCUT2D eigenvalue weighted by Crippen LogP contribution is 2.24. The number of rotatable bonds is 6. The molecule has 1 aromatic heterocycles. The van der Waals surface area contributed by atoms with Crippen LogP contribution in [0.25, 0.3) is 0 Å². The Balaban J connectivity index is 1.76. The van der Waals surface area contributed by atoms with E-state index in [0.29, 0.717) is 12.6 Å². The Bertz CT molecular complexity index is 436. The molecule has 0 saturated heterocycles. The molecule has 1 aromatic rings. The van der Waals surface area contributed by atoms with Crippen molar-refractivity contribution in [1.29, 1.82) is 0 Å². The van der Waals surface area contributed by atoms with E-state index >= 15 is 0 Å². The molecule has 21 heavy (non-hydrogen) atoms. The summed E-state index contributed by atoms with van der Waals surface area (Å²) in [6.07, 6.45) is 8.90. The van der Waals surface area contributed by atoms with Crippen LogP contribution in [0.15, 0.2) is 18.5 Å². The van der Waals surface area contributed by atoms with Crippen LogP contribution in [0.3, 0.4) is 0 Å². The van der Waals surface area contributed by atoms with Gasteiger partial charge in [-0.15, -0.1) is 0 Å². The highest BCUT2D eigenvalue weighted by molar-refractivity contribution is 5.28. The molecule has 4 nitrogen and oxygen atoms in total. The second kappa shape index (κ2) is 7.23. The van der Waals surface area contributed by atoms with Crippen molar-refractivity contribution in [2.24, 2.45) is 5.73 Å². The summed E-state index contributed by atoms with van der Waals surface area (Å²) in [5, 5.41) is 3.53. The van der Waals surface area contributed by atoms with Gasteiger partial charge in [-0.25, -0.2) is 0 Å². The molecule has 0 bridgehead atoms. The maximum absolute atomic E-state index is 6.12. The van der Waals surface area contributed by atoms with Gasteiger partial charge in [0.1, 0.15) is 12.4 Å². The van der Waals surface area contributed by atoms with Gasteiger partial charge in [-0.1, -0.05) is 33.6 Å². The van der Waals surface area contributed by atoms with Gasteiger partial charge in [0.15, 0.2) is 0 Å². The Morgan fingerprint density at radius 3 is 2.71 bits per heavy atom. The fourth-order valence-electron chi connectivity index (χ4n) is 2.62. The Kier molecular flexibility index (Phi) is 5.59. The molecular formula is C17H29N3O. The van der Waals surface area contributed by atoms with Crippen LogP contribution < -0.4 is 15.8 Å². The Morgan fingerprint density at radius 1 is 1.33 bits per heavy atom. The van der Waals surface area contributed by atoms with E-state index in [2.05, 4.69) is 37.1 Å². The Hall–Kier alpha value is -1.13. The summed E-state index contributed by atoms with van der Waals surface area (Å²) in [7, 11) is 0. The fourth-order valence-corrected chi connectivity index (χ4v) is 2.62. The van der Waals surface area contributed by atoms with Crippen LogP contribution in [0.1, 0.15) is 52.0 Å². The minimum atomic E-state index is 0.0175. The third-order valence-corrected chi connectivity index (χ3v) is 4.07. The van der Waals surface area contributed by atoms with Gasteiger partial charge in [0, 0.05) is 18.8 Å². The summed E-state index contributed by atoms with van der Waals surface area (Å²) in [6, 6.07) is 2.73. The topological polar surface area (TPSA) is 60.2 Å². The predicted octanol–water partition coefficient (Wildman–Crippen LogP) is 2.62. The van der Waals surface area contributed by atoms with Gasteiger partial charge in [-0.05, 0) is 29.9 Å². The van der Waals surface area contributed by atoms with Gasteiger partial charge in [0.2, 0.25) is 0 Å². The number of ether oxygens (including phenoxy) is 1. The fraction of sp³-hybridized carbons (Fsp3) is 0.706. The molecule has 0 spiro atoms. The average molecular weight is 291 g/mol. The standard InChI is InChI=1S/C17H29N3O/c1-17(2,3)13-8-16(11-19-9-13)21-12-14(18)10-20-15-6-4-5-7-15/h8-9,11,14-15,20H,4-7,10,12,18H2,1-3H3/t14-/m0/s1. The van der Waals surface area contributed by atoms with Crippen LogP contribution in [0, 0.1) is 0 Å². The third kappa shape index (κ3) is 5.29. The quantitative estimate of drug-likeness (QED) is 0.846. The van der Waals surface area contributed by atoms with E-state index in [1.54, 1.807) is 6.20 Å². The van der Waals surface area contributed by atoms with Crippen molar-refractivity contribution in [2.75, 3.05) is 13.2 Å². The molecule has 3 N–H and O–H groups in total. The number of hydrogen-bond donors (Lipinski definition) is 2. The molecule has 0 aromatic carbocycles. The highest BCUT2D eigenvalue weighted by Gasteiger charge is 2.16. The van der Waals surface area contributed by atoms with E-state index < -0.39 is 0 Å². The maximum atomic E-state index is 6.12. The molecule has 1 aliphatic carbocycles. The molecule has 1 saturated carbocycles. The van der Waals surface area contributed by atoms with E-state index in [0.717, 1.165) is 12.3 Å². The largest absolute Gasteiger partial charge is 0.490 e. The van der Waals surface area contributed by atoms with Crippen LogP contribution in [0.2, 0.25) is 0 Å². The van der Waals surface area contributed by atoms with Gasteiger partial charge in [0.05, 0.1) is 12.2 Å². The summed E-state index contributed by atoms with van der Waals surface area (Å²) in [5.41, 5.74) is 7.38. The van der Waals surface area contributed by atoms with E-state index in [9.17, 15) is 0 Å². The lowest BCUT2D eigenvalue weighted by Gasteiger charge is -2.20. The number of aromatic nitrogens is 1. The molecular weight excluding hydrogens is 262 g/mol. The van der Waals surface area contributed by atoms with Crippen molar-refractivity contribution < 1.29 is 4.74 Å². The van der Waals surface area contributed by atoms with Gasteiger partial charge < -0.3 is 15.8 Å². The second-order valence-corrected chi connectivity index (χ2v) is 7.12.